The Balaban J connectivity index is 1.53. The van der Waals surface area contributed by atoms with Gasteiger partial charge >= 0.3 is 5.97 Å². The Morgan fingerprint density at radius 2 is 1.97 bits per heavy atom. The summed E-state index contributed by atoms with van der Waals surface area (Å²) in [5.74, 6) is 0.109. The van der Waals surface area contributed by atoms with Crippen molar-refractivity contribution in [1.82, 2.24) is 0 Å². The highest BCUT2D eigenvalue weighted by Gasteiger charge is 2.33. The number of nitrogens with two attached hydrogens (primary N) is 1. The average molecular weight is 568 g/mol. The van der Waals surface area contributed by atoms with Crippen molar-refractivity contribution in [3.63, 3.8) is 0 Å². The number of benzene rings is 3. The van der Waals surface area contributed by atoms with Gasteiger partial charge in [0.15, 0.2) is 0 Å². The molecule has 6 nitrogen and oxygen atoms in total. The number of allylic oxidation sites excluding steroid dienone is 1. The third-order valence-electron chi connectivity index (χ3n) is 5.62. The van der Waals surface area contributed by atoms with Gasteiger partial charge in [-0.25, -0.2) is 4.79 Å². The lowest BCUT2D eigenvalue weighted by atomic mass is 9.83. The van der Waals surface area contributed by atoms with Crippen LogP contribution < -0.4 is 19.9 Å². The Morgan fingerprint density at radius 1 is 1.17 bits per heavy atom. The number of nitriles is 1. The molecule has 2 heterocycles. The molecular weight excluding hydrogens is 552 g/mol. The summed E-state index contributed by atoms with van der Waals surface area (Å²) in [5.41, 5.74) is 7.82. The number of halogens is 2. The largest absolute Gasteiger partial charge is 0.496 e. The second-order valence-electron chi connectivity index (χ2n) is 7.64. The zero-order valence-electron chi connectivity index (χ0n) is 18.2. The fourth-order valence-corrected chi connectivity index (χ4v) is 5.81. The maximum absolute atomic E-state index is 12.9. The second-order valence-corrected chi connectivity index (χ2v) is 9.99. The number of hydrogen-bond acceptors (Lipinski definition) is 7. The summed E-state index contributed by atoms with van der Waals surface area (Å²) in [6.07, 6.45) is 0. The van der Waals surface area contributed by atoms with Crippen molar-refractivity contribution in [3.8, 4) is 23.3 Å². The molecule has 1 unspecified atom stereocenters. The van der Waals surface area contributed by atoms with Crippen LogP contribution in [0.2, 0.25) is 5.02 Å². The Hall–Kier alpha value is -3.51. The molecule has 1 aromatic heterocycles. The zero-order chi connectivity index (χ0) is 24.7. The van der Waals surface area contributed by atoms with Gasteiger partial charge < -0.3 is 19.9 Å². The van der Waals surface area contributed by atoms with Crippen LogP contribution in [0.3, 0.4) is 0 Å². The van der Waals surface area contributed by atoms with Gasteiger partial charge in [-0.1, -0.05) is 51.8 Å². The van der Waals surface area contributed by atoms with Gasteiger partial charge in [-0.3, -0.25) is 0 Å². The van der Waals surface area contributed by atoms with Crippen molar-refractivity contribution in [3.05, 3.63) is 97.6 Å². The highest BCUT2D eigenvalue weighted by Crippen LogP contribution is 2.46. The van der Waals surface area contributed by atoms with E-state index in [9.17, 15) is 10.1 Å². The molecule has 4 aromatic rings. The number of esters is 1. The van der Waals surface area contributed by atoms with Crippen molar-refractivity contribution < 1.29 is 19.0 Å². The summed E-state index contributed by atoms with van der Waals surface area (Å²) in [5, 5.41) is 11.0. The maximum Gasteiger partial charge on any atom is 0.355 e. The van der Waals surface area contributed by atoms with E-state index in [-0.39, 0.29) is 17.2 Å². The third kappa shape index (κ3) is 4.12. The third-order valence-corrected chi connectivity index (χ3v) is 7.77. The maximum atomic E-state index is 12.9. The van der Waals surface area contributed by atoms with Crippen LogP contribution >= 0.6 is 38.9 Å². The summed E-state index contributed by atoms with van der Waals surface area (Å²) in [4.78, 5) is 13.2. The molecule has 1 aliphatic heterocycles. The Labute approximate surface area is 218 Å². The fraction of sp³-hybridized carbons (Fsp3) is 0.0769. The number of fused-ring (bicyclic) bond motifs is 2. The summed E-state index contributed by atoms with van der Waals surface area (Å²) in [6.45, 7) is 0. The Bertz CT molecular complexity index is 1570. The number of carbonyl (C=O) groups is 1. The molecule has 174 valence electrons. The molecule has 0 bridgehead atoms. The fourth-order valence-electron chi connectivity index (χ4n) is 4.05. The van der Waals surface area contributed by atoms with E-state index in [1.807, 2.05) is 42.5 Å². The summed E-state index contributed by atoms with van der Waals surface area (Å²) < 4.78 is 18.6. The number of ether oxygens (including phenoxy) is 3. The van der Waals surface area contributed by atoms with Gasteiger partial charge in [-0.2, -0.15) is 5.26 Å². The molecule has 0 radical (unpaired) electrons. The number of hydrogen-bond donors (Lipinski definition) is 1. The second kappa shape index (κ2) is 9.27. The minimum absolute atomic E-state index is 0.0249. The molecule has 3 aromatic carbocycles. The molecule has 0 aliphatic carbocycles. The summed E-state index contributed by atoms with van der Waals surface area (Å²) in [7, 11) is 1.56. The first-order valence-corrected chi connectivity index (χ1v) is 12.3. The first-order chi connectivity index (χ1) is 16.9. The number of thiophene rings is 1. The van der Waals surface area contributed by atoms with Crippen LogP contribution in [0, 0.1) is 11.3 Å². The molecule has 0 fully saturated rings. The first-order valence-electron chi connectivity index (χ1n) is 10.4. The number of nitrogens with zero attached hydrogens (tertiary/aromatic N) is 1. The lowest BCUT2D eigenvalue weighted by Gasteiger charge is -2.27. The highest BCUT2D eigenvalue weighted by atomic mass is 79.9. The molecule has 35 heavy (non-hydrogen) atoms. The van der Waals surface area contributed by atoms with Gasteiger partial charge in [0.25, 0.3) is 0 Å². The van der Waals surface area contributed by atoms with E-state index in [1.165, 1.54) is 11.3 Å². The van der Waals surface area contributed by atoms with Gasteiger partial charge in [-0.15, -0.1) is 11.3 Å². The van der Waals surface area contributed by atoms with Crippen LogP contribution in [0.4, 0.5) is 0 Å². The van der Waals surface area contributed by atoms with E-state index in [1.54, 1.807) is 25.3 Å². The number of carbonyl (C=O) groups excluding carboxylic acids is 1. The zero-order valence-corrected chi connectivity index (χ0v) is 21.3. The van der Waals surface area contributed by atoms with Crippen molar-refractivity contribution in [2.45, 2.75) is 5.92 Å². The smallest absolute Gasteiger partial charge is 0.355 e. The minimum Gasteiger partial charge on any atom is -0.496 e. The molecule has 9 heteroatoms. The van der Waals surface area contributed by atoms with Crippen molar-refractivity contribution >= 4 is 54.9 Å². The minimum atomic E-state index is -0.571. The monoisotopic (exact) mass is 566 g/mol. The van der Waals surface area contributed by atoms with E-state index < -0.39 is 11.9 Å². The Kier molecular flexibility index (Phi) is 6.15. The Morgan fingerprint density at radius 3 is 2.71 bits per heavy atom. The lowest BCUT2D eigenvalue weighted by Crippen LogP contribution is -2.21. The van der Waals surface area contributed by atoms with Crippen LogP contribution in [-0.2, 0) is 0 Å². The van der Waals surface area contributed by atoms with Crippen LogP contribution in [0.25, 0.3) is 10.1 Å². The van der Waals surface area contributed by atoms with Gasteiger partial charge in [0, 0.05) is 31.8 Å². The molecule has 0 amide bonds. The standard InChI is InChI=1S/C26H16BrClN2O4S/c1-32-19-9-6-13(27)10-17(19)22-15-8-7-14(11-20(15)34-25(30)18(22)12-29)33-26(31)24-23(28)16-4-2-3-5-21(16)35-24/h2-11,22H,30H2,1H3. The molecular formula is C26H16BrClN2O4S. The van der Waals surface area contributed by atoms with Crippen molar-refractivity contribution in [2.75, 3.05) is 7.11 Å². The topological polar surface area (TPSA) is 94.6 Å². The molecule has 0 spiro atoms. The number of rotatable bonds is 4. The molecule has 1 aliphatic rings. The molecule has 0 saturated carbocycles. The van der Waals surface area contributed by atoms with E-state index in [0.717, 1.165) is 20.1 Å². The SMILES string of the molecule is COc1ccc(Br)cc1C1C(C#N)=C(N)Oc2cc(OC(=O)c3sc4ccccc4c3Cl)ccc21. The van der Waals surface area contributed by atoms with E-state index in [2.05, 4.69) is 22.0 Å². The quantitative estimate of drug-likeness (QED) is 0.216. The van der Waals surface area contributed by atoms with Crippen LogP contribution in [0.1, 0.15) is 26.7 Å². The van der Waals surface area contributed by atoms with Crippen molar-refractivity contribution in [1.29, 1.82) is 5.26 Å². The van der Waals surface area contributed by atoms with Gasteiger partial charge in [0.1, 0.15) is 33.8 Å². The van der Waals surface area contributed by atoms with Crippen molar-refractivity contribution in [2.24, 2.45) is 5.73 Å². The predicted octanol–water partition coefficient (Wildman–Crippen LogP) is 6.76. The normalized spacial score (nSPS) is 14.7. The van der Waals surface area contributed by atoms with E-state index in [4.69, 9.17) is 31.5 Å². The first kappa shape index (κ1) is 23.2. The van der Waals surface area contributed by atoms with Crippen LogP contribution in [-0.4, -0.2) is 13.1 Å². The lowest BCUT2D eigenvalue weighted by molar-refractivity contribution is 0.0740. The molecule has 1 atom stereocenters. The van der Waals surface area contributed by atoms with Gasteiger partial charge in [0.05, 0.1) is 18.1 Å². The average Bonchev–Trinajstić information content (AvgIpc) is 3.19. The summed E-state index contributed by atoms with van der Waals surface area (Å²) in [6, 6.07) is 20.2. The van der Waals surface area contributed by atoms with E-state index in [0.29, 0.717) is 27.0 Å². The molecule has 0 saturated heterocycles. The highest BCUT2D eigenvalue weighted by molar-refractivity contribution is 9.10. The number of methoxy groups -OCH3 is 1. The van der Waals surface area contributed by atoms with Crippen LogP contribution in [0.15, 0.2) is 76.6 Å². The van der Waals surface area contributed by atoms with E-state index >= 15 is 0 Å². The van der Waals surface area contributed by atoms with Gasteiger partial charge in [0.2, 0.25) is 5.88 Å². The molecule has 2 N–H and O–H groups in total. The predicted molar refractivity (Wildman–Crippen MR) is 138 cm³/mol. The molecule has 5 rings (SSSR count). The van der Waals surface area contributed by atoms with Gasteiger partial charge in [-0.05, 0) is 30.3 Å². The summed E-state index contributed by atoms with van der Waals surface area (Å²) >= 11 is 11.2. The van der Waals surface area contributed by atoms with Crippen LogP contribution in [0.5, 0.6) is 17.2 Å².